The number of para-hydroxylation sites is 1. The molecule has 0 aromatic heterocycles. The van der Waals surface area contributed by atoms with Gasteiger partial charge in [0.25, 0.3) is 0 Å². The zero-order valence-corrected chi connectivity index (χ0v) is 11.1. The quantitative estimate of drug-likeness (QED) is 0.666. The van der Waals surface area contributed by atoms with Crippen molar-refractivity contribution in [2.45, 2.75) is 39.2 Å². The minimum Gasteiger partial charge on any atom is -0.376 e. The Labute approximate surface area is 112 Å². The molecule has 100 valence electrons. The summed E-state index contributed by atoms with van der Waals surface area (Å²) in [5.74, 6) is 0. The summed E-state index contributed by atoms with van der Waals surface area (Å²) in [5.41, 5.74) is 0.554. The second kappa shape index (κ2) is 4.88. The topological polar surface area (TPSA) is 79.0 Å². The lowest BCUT2D eigenvalue weighted by atomic mass is 9.87. The van der Waals surface area contributed by atoms with E-state index in [9.17, 15) is 10.1 Å². The number of anilines is 1. The SMILES string of the molecule is CC1(C)CCCC1Nc1cccc(C#N)c1[N+](=O)[O-]. The molecule has 5 nitrogen and oxygen atoms in total. The van der Waals surface area contributed by atoms with E-state index in [0.717, 1.165) is 19.3 Å². The number of nitrogens with one attached hydrogen (secondary N) is 1. The van der Waals surface area contributed by atoms with Crippen LogP contribution in [0.25, 0.3) is 0 Å². The van der Waals surface area contributed by atoms with Crippen molar-refractivity contribution in [3.05, 3.63) is 33.9 Å². The van der Waals surface area contributed by atoms with Crippen molar-refractivity contribution >= 4 is 11.4 Å². The molecule has 0 saturated heterocycles. The number of hydrogen-bond donors (Lipinski definition) is 1. The van der Waals surface area contributed by atoms with Gasteiger partial charge in [-0.3, -0.25) is 10.1 Å². The van der Waals surface area contributed by atoms with Gasteiger partial charge in [0.05, 0.1) is 4.92 Å². The first-order valence-corrected chi connectivity index (χ1v) is 6.40. The summed E-state index contributed by atoms with van der Waals surface area (Å²) in [6.45, 7) is 4.33. The molecule has 1 N–H and O–H groups in total. The molecule has 1 aromatic carbocycles. The first-order valence-electron chi connectivity index (χ1n) is 6.40. The fourth-order valence-electron chi connectivity index (χ4n) is 2.73. The van der Waals surface area contributed by atoms with Crippen LogP contribution in [0.5, 0.6) is 0 Å². The standard InChI is InChI=1S/C14H17N3O2/c1-14(2)8-4-7-12(14)16-11-6-3-5-10(9-15)13(11)17(18)19/h3,5-6,12,16H,4,7-8H2,1-2H3. The predicted molar refractivity (Wildman–Crippen MR) is 72.9 cm³/mol. The molecule has 1 aliphatic carbocycles. The van der Waals surface area contributed by atoms with Crippen molar-refractivity contribution in [1.29, 1.82) is 5.26 Å². The number of nitro groups is 1. The minimum atomic E-state index is -0.483. The van der Waals surface area contributed by atoms with Crippen LogP contribution in [-0.2, 0) is 0 Å². The second-order valence-corrected chi connectivity index (χ2v) is 5.65. The maximum atomic E-state index is 11.2. The summed E-state index contributed by atoms with van der Waals surface area (Å²) in [7, 11) is 0. The lowest BCUT2D eigenvalue weighted by Crippen LogP contribution is -2.31. The van der Waals surface area contributed by atoms with Gasteiger partial charge in [0.2, 0.25) is 0 Å². The maximum absolute atomic E-state index is 11.2. The maximum Gasteiger partial charge on any atom is 0.309 e. The molecular weight excluding hydrogens is 242 g/mol. The van der Waals surface area contributed by atoms with Crippen LogP contribution in [0.1, 0.15) is 38.7 Å². The Morgan fingerprint density at radius 1 is 1.53 bits per heavy atom. The van der Waals surface area contributed by atoms with E-state index in [4.69, 9.17) is 5.26 Å². The summed E-state index contributed by atoms with van der Waals surface area (Å²) < 4.78 is 0. The van der Waals surface area contributed by atoms with Crippen LogP contribution in [0, 0.1) is 26.9 Å². The number of nitriles is 1. The van der Waals surface area contributed by atoms with Crippen LogP contribution in [0.15, 0.2) is 18.2 Å². The Bertz CT molecular complexity index is 546. The molecule has 1 saturated carbocycles. The molecule has 0 bridgehead atoms. The second-order valence-electron chi connectivity index (χ2n) is 5.65. The Morgan fingerprint density at radius 3 is 2.79 bits per heavy atom. The molecule has 19 heavy (non-hydrogen) atoms. The van der Waals surface area contributed by atoms with Crippen molar-refractivity contribution in [3.63, 3.8) is 0 Å². The van der Waals surface area contributed by atoms with E-state index in [1.54, 1.807) is 12.1 Å². The van der Waals surface area contributed by atoms with E-state index < -0.39 is 4.92 Å². The molecule has 0 spiro atoms. The summed E-state index contributed by atoms with van der Waals surface area (Å²) in [6, 6.07) is 6.92. The largest absolute Gasteiger partial charge is 0.376 e. The lowest BCUT2D eigenvalue weighted by molar-refractivity contribution is -0.384. The smallest absolute Gasteiger partial charge is 0.309 e. The third kappa shape index (κ3) is 2.53. The highest BCUT2D eigenvalue weighted by atomic mass is 16.6. The normalized spacial score (nSPS) is 20.8. The summed E-state index contributed by atoms with van der Waals surface area (Å²) in [4.78, 5) is 10.7. The molecule has 1 fully saturated rings. The van der Waals surface area contributed by atoms with Crippen molar-refractivity contribution < 1.29 is 4.92 Å². The van der Waals surface area contributed by atoms with Gasteiger partial charge in [-0.2, -0.15) is 5.26 Å². The average molecular weight is 259 g/mol. The third-order valence-corrected chi connectivity index (χ3v) is 3.93. The Balaban J connectivity index is 2.36. The molecule has 1 atom stereocenters. The Kier molecular flexibility index (Phi) is 3.43. The van der Waals surface area contributed by atoms with E-state index >= 15 is 0 Å². The van der Waals surface area contributed by atoms with Gasteiger partial charge in [-0.1, -0.05) is 26.3 Å². The number of nitrogens with zero attached hydrogens (tertiary/aromatic N) is 2. The van der Waals surface area contributed by atoms with Crippen molar-refractivity contribution in [3.8, 4) is 6.07 Å². The average Bonchev–Trinajstić information content (AvgIpc) is 2.68. The fraction of sp³-hybridized carbons (Fsp3) is 0.500. The van der Waals surface area contributed by atoms with E-state index in [1.165, 1.54) is 6.07 Å². The summed E-state index contributed by atoms with van der Waals surface area (Å²) >= 11 is 0. The highest BCUT2D eigenvalue weighted by Gasteiger charge is 2.35. The van der Waals surface area contributed by atoms with Gasteiger partial charge in [-0.25, -0.2) is 0 Å². The molecule has 5 heteroatoms. The van der Waals surface area contributed by atoms with Crippen LogP contribution >= 0.6 is 0 Å². The van der Waals surface area contributed by atoms with Crippen LogP contribution in [0.3, 0.4) is 0 Å². The van der Waals surface area contributed by atoms with Gasteiger partial charge < -0.3 is 5.32 Å². The predicted octanol–water partition coefficient (Wildman–Crippen LogP) is 3.46. The molecule has 0 amide bonds. The molecule has 0 radical (unpaired) electrons. The molecular formula is C14H17N3O2. The van der Waals surface area contributed by atoms with Crippen LogP contribution in [-0.4, -0.2) is 11.0 Å². The Hall–Kier alpha value is -2.09. The summed E-state index contributed by atoms with van der Waals surface area (Å²) in [6.07, 6.45) is 3.23. The first-order chi connectivity index (χ1) is 8.95. The third-order valence-electron chi connectivity index (χ3n) is 3.93. The van der Waals surface area contributed by atoms with E-state index in [1.807, 2.05) is 6.07 Å². The molecule has 1 aromatic rings. The Morgan fingerprint density at radius 2 is 2.26 bits per heavy atom. The molecule has 0 aliphatic heterocycles. The van der Waals surface area contributed by atoms with Gasteiger partial charge in [-0.15, -0.1) is 0 Å². The molecule has 0 heterocycles. The monoisotopic (exact) mass is 259 g/mol. The van der Waals surface area contributed by atoms with Gasteiger partial charge >= 0.3 is 5.69 Å². The fourth-order valence-corrected chi connectivity index (χ4v) is 2.73. The number of hydrogen-bond acceptors (Lipinski definition) is 4. The molecule has 1 unspecified atom stereocenters. The van der Waals surface area contributed by atoms with Crippen molar-refractivity contribution in [1.82, 2.24) is 0 Å². The van der Waals surface area contributed by atoms with Gasteiger partial charge in [-0.05, 0) is 30.4 Å². The van der Waals surface area contributed by atoms with Crippen molar-refractivity contribution in [2.24, 2.45) is 5.41 Å². The summed E-state index contributed by atoms with van der Waals surface area (Å²) in [5, 5.41) is 23.4. The molecule has 1 aliphatic rings. The first kappa shape index (κ1) is 13.3. The highest BCUT2D eigenvalue weighted by molar-refractivity contribution is 5.69. The zero-order valence-electron chi connectivity index (χ0n) is 11.1. The van der Waals surface area contributed by atoms with Crippen LogP contribution < -0.4 is 5.32 Å². The van der Waals surface area contributed by atoms with E-state index in [2.05, 4.69) is 19.2 Å². The lowest BCUT2D eigenvalue weighted by Gasteiger charge is -2.28. The van der Waals surface area contributed by atoms with Crippen molar-refractivity contribution in [2.75, 3.05) is 5.32 Å². The van der Waals surface area contributed by atoms with Gasteiger partial charge in [0.15, 0.2) is 0 Å². The van der Waals surface area contributed by atoms with Gasteiger partial charge in [0, 0.05) is 6.04 Å². The number of rotatable bonds is 3. The van der Waals surface area contributed by atoms with Crippen LogP contribution in [0.4, 0.5) is 11.4 Å². The van der Waals surface area contributed by atoms with Crippen LogP contribution in [0.2, 0.25) is 0 Å². The number of nitro benzene ring substituents is 1. The minimum absolute atomic E-state index is 0.103. The highest BCUT2D eigenvalue weighted by Crippen LogP contribution is 2.40. The molecule has 2 rings (SSSR count). The zero-order chi connectivity index (χ0) is 14.0. The van der Waals surface area contributed by atoms with Gasteiger partial charge in [0.1, 0.15) is 17.3 Å². The van der Waals surface area contributed by atoms with E-state index in [0.29, 0.717) is 5.69 Å². The number of benzene rings is 1. The van der Waals surface area contributed by atoms with E-state index in [-0.39, 0.29) is 22.7 Å².